The van der Waals surface area contributed by atoms with Crippen LogP contribution in [0.5, 0.6) is 23.0 Å². The monoisotopic (exact) mass is 393 g/mol. The van der Waals surface area contributed by atoms with Crippen molar-refractivity contribution in [1.29, 1.82) is 0 Å². The smallest absolute Gasteiger partial charge is 0.135 e. The van der Waals surface area contributed by atoms with Crippen molar-refractivity contribution >= 4 is 10.8 Å². The van der Waals surface area contributed by atoms with Crippen LogP contribution in [0.4, 0.5) is 0 Å². The molecule has 4 rings (SSSR count). The summed E-state index contributed by atoms with van der Waals surface area (Å²) in [5.41, 5.74) is 3.89. The molecule has 0 fully saturated rings. The van der Waals surface area contributed by atoms with Gasteiger partial charge in [0.25, 0.3) is 0 Å². The van der Waals surface area contributed by atoms with Gasteiger partial charge >= 0.3 is 0 Å². The minimum Gasteiger partial charge on any atom is -0.496 e. The molecule has 0 radical (unpaired) electrons. The lowest BCUT2D eigenvalue weighted by Crippen LogP contribution is -2.29. The number of nitrogens with one attached hydrogen (secondary N) is 1. The molecule has 0 atom stereocenters. The van der Waals surface area contributed by atoms with Crippen LogP contribution in [0.25, 0.3) is 10.8 Å². The zero-order valence-corrected chi connectivity index (χ0v) is 17.4. The lowest BCUT2D eigenvalue weighted by molar-refractivity contribution is 0.388. The third-order valence-corrected chi connectivity index (χ3v) is 5.70. The Morgan fingerprint density at radius 2 is 1.34 bits per heavy atom. The molecule has 1 aliphatic carbocycles. The molecule has 0 heterocycles. The minimum atomic E-state index is 0.408. The number of hydrogen-bond acceptors (Lipinski definition) is 5. The van der Waals surface area contributed by atoms with Gasteiger partial charge in [0.15, 0.2) is 0 Å². The summed E-state index contributed by atoms with van der Waals surface area (Å²) >= 11 is 0. The first-order valence-corrected chi connectivity index (χ1v) is 9.78. The molecule has 0 saturated heterocycles. The maximum atomic E-state index is 5.85. The summed E-state index contributed by atoms with van der Waals surface area (Å²) in [6, 6.07) is 14.9. The van der Waals surface area contributed by atoms with E-state index in [-0.39, 0.29) is 0 Å². The van der Waals surface area contributed by atoms with Gasteiger partial charge < -0.3 is 24.3 Å². The molecular weight excluding hydrogens is 366 g/mol. The minimum absolute atomic E-state index is 0.408. The molecule has 0 bridgehead atoms. The lowest BCUT2D eigenvalue weighted by atomic mass is 10.0. The van der Waals surface area contributed by atoms with E-state index in [2.05, 4.69) is 29.6 Å². The Hall–Kier alpha value is -2.92. The average molecular weight is 393 g/mol. The number of hydrogen-bond donors (Lipinski definition) is 1. The van der Waals surface area contributed by atoms with E-state index in [1.807, 2.05) is 18.2 Å². The van der Waals surface area contributed by atoms with Crippen LogP contribution in [0.3, 0.4) is 0 Å². The van der Waals surface area contributed by atoms with Gasteiger partial charge in [-0.25, -0.2) is 0 Å². The molecule has 29 heavy (non-hydrogen) atoms. The lowest BCUT2D eigenvalue weighted by Gasteiger charge is -2.20. The van der Waals surface area contributed by atoms with Crippen LogP contribution in [0.2, 0.25) is 0 Å². The van der Waals surface area contributed by atoms with Crippen LogP contribution >= 0.6 is 0 Å². The Balaban J connectivity index is 1.71. The topological polar surface area (TPSA) is 49.0 Å². The van der Waals surface area contributed by atoms with Gasteiger partial charge in [-0.1, -0.05) is 24.3 Å². The Kier molecular flexibility index (Phi) is 5.49. The van der Waals surface area contributed by atoms with Crippen molar-refractivity contribution < 1.29 is 18.9 Å². The highest BCUT2D eigenvalue weighted by Gasteiger charge is 2.23. The van der Waals surface area contributed by atoms with Crippen LogP contribution in [-0.2, 0) is 19.4 Å². The Morgan fingerprint density at radius 3 is 1.90 bits per heavy atom. The van der Waals surface area contributed by atoms with Gasteiger partial charge in [0.2, 0.25) is 0 Å². The highest BCUT2D eigenvalue weighted by Crippen LogP contribution is 2.46. The second kappa shape index (κ2) is 8.21. The van der Waals surface area contributed by atoms with Crippen LogP contribution < -0.4 is 24.3 Å². The summed E-state index contributed by atoms with van der Waals surface area (Å²) in [5, 5.41) is 5.41. The Bertz CT molecular complexity index is 1010. The SMILES string of the molecule is COc1ccc(OC)c2c(OC)c(CNC3Cc4ccccc4C3)cc(OC)c12. The van der Waals surface area contributed by atoms with Crippen molar-refractivity contribution in [2.24, 2.45) is 0 Å². The Morgan fingerprint density at radius 1 is 0.759 bits per heavy atom. The van der Waals surface area contributed by atoms with E-state index in [1.54, 1.807) is 28.4 Å². The van der Waals surface area contributed by atoms with Crippen LogP contribution in [0.1, 0.15) is 16.7 Å². The van der Waals surface area contributed by atoms with E-state index in [0.29, 0.717) is 12.6 Å². The van der Waals surface area contributed by atoms with Crippen molar-refractivity contribution in [3.05, 3.63) is 59.2 Å². The second-order valence-electron chi connectivity index (χ2n) is 7.25. The average Bonchev–Trinajstić information content (AvgIpc) is 3.19. The number of rotatable bonds is 7. The summed E-state index contributed by atoms with van der Waals surface area (Å²) in [4.78, 5) is 0. The molecule has 1 N–H and O–H groups in total. The largest absolute Gasteiger partial charge is 0.496 e. The zero-order chi connectivity index (χ0) is 20.4. The first-order valence-electron chi connectivity index (χ1n) is 9.78. The molecule has 0 amide bonds. The highest BCUT2D eigenvalue weighted by atomic mass is 16.5. The molecule has 5 heteroatoms. The summed E-state index contributed by atoms with van der Waals surface area (Å²) in [7, 11) is 6.67. The standard InChI is InChI=1S/C24H27NO4/c1-26-19-9-10-20(27-2)23-22(19)21(28-3)13-17(24(23)29-4)14-25-18-11-15-7-5-6-8-16(15)12-18/h5-10,13,18,25H,11-12,14H2,1-4H3. The van der Waals surface area contributed by atoms with E-state index in [1.165, 1.54) is 11.1 Å². The third-order valence-electron chi connectivity index (χ3n) is 5.70. The van der Waals surface area contributed by atoms with Crippen LogP contribution in [-0.4, -0.2) is 34.5 Å². The molecule has 0 spiro atoms. The molecule has 0 aromatic heterocycles. The molecular formula is C24H27NO4. The second-order valence-corrected chi connectivity index (χ2v) is 7.25. The number of ether oxygens (including phenoxy) is 4. The predicted octanol–water partition coefficient (Wildman–Crippen LogP) is 4.13. The van der Waals surface area contributed by atoms with Crippen molar-refractivity contribution in [3.63, 3.8) is 0 Å². The normalized spacial score (nSPS) is 13.4. The number of benzene rings is 3. The molecule has 1 aliphatic rings. The maximum Gasteiger partial charge on any atom is 0.135 e. The van der Waals surface area contributed by atoms with E-state index >= 15 is 0 Å². The molecule has 3 aromatic rings. The van der Waals surface area contributed by atoms with Gasteiger partial charge in [-0.2, -0.15) is 0 Å². The summed E-state index contributed by atoms with van der Waals surface area (Å²) in [6.07, 6.45) is 2.08. The van der Waals surface area contributed by atoms with Gasteiger partial charge in [-0.05, 0) is 42.2 Å². The van der Waals surface area contributed by atoms with E-state index in [0.717, 1.165) is 52.2 Å². The Labute approximate surface area is 171 Å². The first-order chi connectivity index (χ1) is 14.2. The molecule has 0 aliphatic heterocycles. The fourth-order valence-corrected chi connectivity index (χ4v) is 4.31. The maximum absolute atomic E-state index is 5.85. The van der Waals surface area contributed by atoms with E-state index in [9.17, 15) is 0 Å². The quantitative estimate of drug-likeness (QED) is 0.654. The van der Waals surface area contributed by atoms with Crippen molar-refractivity contribution in [2.45, 2.75) is 25.4 Å². The van der Waals surface area contributed by atoms with E-state index in [4.69, 9.17) is 18.9 Å². The van der Waals surface area contributed by atoms with Gasteiger partial charge in [-0.15, -0.1) is 0 Å². The van der Waals surface area contributed by atoms with Gasteiger partial charge in [0.05, 0.1) is 39.2 Å². The summed E-state index contributed by atoms with van der Waals surface area (Å²) < 4.78 is 22.8. The van der Waals surface area contributed by atoms with Crippen molar-refractivity contribution in [1.82, 2.24) is 5.32 Å². The fourth-order valence-electron chi connectivity index (χ4n) is 4.31. The van der Waals surface area contributed by atoms with Crippen molar-refractivity contribution in [3.8, 4) is 23.0 Å². The van der Waals surface area contributed by atoms with Crippen LogP contribution in [0.15, 0.2) is 42.5 Å². The number of fused-ring (bicyclic) bond motifs is 2. The fraction of sp³-hybridized carbons (Fsp3) is 0.333. The number of methoxy groups -OCH3 is 4. The molecule has 0 saturated carbocycles. The molecule has 5 nitrogen and oxygen atoms in total. The predicted molar refractivity (Wildman–Crippen MR) is 115 cm³/mol. The van der Waals surface area contributed by atoms with Gasteiger partial charge in [0.1, 0.15) is 23.0 Å². The summed E-state index contributed by atoms with van der Waals surface area (Å²) in [5.74, 6) is 2.97. The first kappa shape index (κ1) is 19.4. The molecule has 0 unspecified atom stereocenters. The van der Waals surface area contributed by atoms with E-state index < -0.39 is 0 Å². The zero-order valence-electron chi connectivity index (χ0n) is 17.4. The van der Waals surface area contributed by atoms with Crippen LogP contribution in [0, 0.1) is 0 Å². The molecule has 152 valence electrons. The molecule has 3 aromatic carbocycles. The highest BCUT2D eigenvalue weighted by molar-refractivity contribution is 6.03. The summed E-state index contributed by atoms with van der Waals surface area (Å²) in [6.45, 7) is 0.675. The van der Waals surface area contributed by atoms with Gasteiger partial charge in [0, 0.05) is 18.2 Å². The van der Waals surface area contributed by atoms with Crippen molar-refractivity contribution in [2.75, 3.05) is 28.4 Å². The van der Waals surface area contributed by atoms with Gasteiger partial charge in [-0.3, -0.25) is 0 Å². The third kappa shape index (κ3) is 3.47.